The molecule has 0 bridgehead atoms. The molecular formula is C19H34IN3O3S. The number of ether oxygens (including phenoxy) is 1. The first kappa shape index (κ1) is 26.1. The molecule has 0 fully saturated rings. The van der Waals surface area contributed by atoms with Gasteiger partial charge in [0.05, 0.1) is 17.5 Å². The van der Waals surface area contributed by atoms with Crippen molar-refractivity contribution in [3.63, 3.8) is 0 Å². The van der Waals surface area contributed by atoms with Crippen LogP contribution in [0.2, 0.25) is 0 Å². The van der Waals surface area contributed by atoms with Crippen LogP contribution in [0, 0.1) is 5.92 Å². The molecule has 0 saturated carbocycles. The fourth-order valence-corrected chi connectivity index (χ4v) is 3.14. The fraction of sp³-hybridized carbons (Fsp3) is 0.632. The molecule has 8 heteroatoms. The third kappa shape index (κ3) is 10.3. The molecule has 0 spiro atoms. The van der Waals surface area contributed by atoms with Gasteiger partial charge < -0.3 is 15.4 Å². The van der Waals surface area contributed by atoms with Crippen molar-refractivity contribution in [2.45, 2.75) is 51.7 Å². The zero-order chi connectivity index (χ0) is 19.6. The van der Waals surface area contributed by atoms with Gasteiger partial charge >= 0.3 is 0 Å². The molecule has 0 amide bonds. The van der Waals surface area contributed by atoms with Crippen molar-refractivity contribution in [1.82, 2.24) is 10.6 Å². The Morgan fingerprint density at radius 3 is 2.26 bits per heavy atom. The highest BCUT2D eigenvalue weighted by molar-refractivity contribution is 14.0. The van der Waals surface area contributed by atoms with Crippen LogP contribution in [0.4, 0.5) is 0 Å². The van der Waals surface area contributed by atoms with Gasteiger partial charge in [0, 0.05) is 26.0 Å². The molecular weight excluding hydrogens is 477 g/mol. The maximum absolute atomic E-state index is 11.5. The number of sulfone groups is 1. The fourth-order valence-electron chi connectivity index (χ4n) is 2.51. The molecule has 27 heavy (non-hydrogen) atoms. The highest BCUT2D eigenvalue weighted by Crippen LogP contribution is 2.11. The molecule has 1 aromatic carbocycles. The monoisotopic (exact) mass is 511 g/mol. The summed E-state index contributed by atoms with van der Waals surface area (Å²) in [5.74, 6) is 1.23. The molecule has 0 aliphatic carbocycles. The number of nitrogens with one attached hydrogen (secondary N) is 2. The first-order valence-electron chi connectivity index (χ1n) is 9.20. The van der Waals surface area contributed by atoms with Crippen LogP contribution in [0.25, 0.3) is 0 Å². The average Bonchev–Trinajstić information content (AvgIpc) is 2.58. The number of nitrogens with zero attached hydrogens (tertiary/aromatic N) is 1. The van der Waals surface area contributed by atoms with Gasteiger partial charge in [-0.25, -0.2) is 13.4 Å². The number of hydrogen-bond acceptors (Lipinski definition) is 4. The first-order valence-corrected chi connectivity index (χ1v) is 11.1. The van der Waals surface area contributed by atoms with Gasteiger partial charge in [-0.05, 0) is 43.9 Å². The van der Waals surface area contributed by atoms with E-state index in [1.807, 2.05) is 13.8 Å². The van der Waals surface area contributed by atoms with Crippen LogP contribution in [0.5, 0.6) is 0 Å². The van der Waals surface area contributed by atoms with Gasteiger partial charge in [0.15, 0.2) is 15.8 Å². The van der Waals surface area contributed by atoms with E-state index in [1.165, 1.54) is 6.26 Å². The molecule has 1 rings (SSSR count). The molecule has 1 unspecified atom stereocenters. The maximum atomic E-state index is 11.5. The normalized spacial score (nSPS) is 13.2. The number of rotatable bonds is 10. The van der Waals surface area contributed by atoms with E-state index in [0.717, 1.165) is 37.6 Å². The average molecular weight is 511 g/mol. The van der Waals surface area contributed by atoms with Crippen molar-refractivity contribution >= 4 is 39.8 Å². The summed E-state index contributed by atoms with van der Waals surface area (Å²) in [6, 6.07) is 6.84. The van der Waals surface area contributed by atoms with E-state index in [2.05, 4.69) is 29.5 Å². The third-order valence-electron chi connectivity index (χ3n) is 3.96. The Labute approximate surface area is 181 Å². The molecule has 1 aromatic rings. The van der Waals surface area contributed by atoms with Crippen LogP contribution < -0.4 is 10.6 Å². The quantitative estimate of drug-likeness (QED) is 0.287. The lowest BCUT2D eigenvalue weighted by Gasteiger charge is -2.21. The summed E-state index contributed by atoms with van der Waals surface area (Å²) in [5, 5.41) is 6.56. The summed E-state index contributed by atoms with van der Waals surface area (Å²) >= 11 is 0. The summed E-state index contributed by atoms with van der Waals surface area (Å²) in [4.78, 5) is 4.89. The zero-order valence-corrected chi connectivity index (χ0v) is 20.1. The standard InChI is InChI=1S/C19H33N3O3S.HI/c1-6-20-19(21-13-12-18(15(3)4)25-7-2)22-14-16-8-10-17(11-9-16)26(5,23)24;/h8-11,15,18H,6-7,12-14H2,1-5H3,(H2,20,21,22);1H. The van der Waals surface area contributed by atoms with Crippen molar-refractivity contribution in [1.29, 1.82) is 0 Å². The molecule has 2 N–H and O–H groups in total. The minimum Gasteiger partial charge on any atom is -0.378 e. The predicted octanol–water partition coefficient (Wildman–Crippen LogP) is 3.21. The van der Waals surface area contributed by atoms with Crippen molar-refractivity contribution in [2.75, 3.05) is 26.0 Å². The Bertz CT molecular complexity index is 661. The molecule has 0 aliphatic rings. The summed E-state index contributed by atoms with van der Waals surface area (Å²) in [7, 11) is -3.16. The minimum atomic E-state index is -3.16. The van der Waals surface area contributed by atoms with Gasteiger partial charge in [-0.3, -0.25) is 0 Å². The number of halogens is 1. The number of aliphatic imine (C=N–C) groups is 1. The largest absolute Gasteiger partial charge is 0.378 e. The minimum absolute atomic E-state index is 0. The van der Waals surface area contributed by atoms with E-state index in [4.69, 9.17) is 4.74 Å². The SMILES string of the molecule is CCNC(=NCc1ccc(S(C)(=O)=O)cc1)NCCC(OCC)C(C)C.I. The molecule has 0 radical (unpaired) electrons. The Hall–Kier alpha value is -0.870. The Morgan fingerprint density at radius 1 is 1.15 bits per heavy atom. The number of hydrogen-bond donors (Lipinski definition) is 2. The lowest BCUT2D eigenvalue weighted by Crippen LogP contribution is -2.39. The Morgan fingerprint density at radius 2 is 1.78 bits per heavy atom. The summed E-state index contributed by atoms with van der Waals surface area (Å²) in [6.45, 7) is 11.1. The van der Waals surface area contributed by atoms with Gasteiger partial charge in [0.25, 0.3) is 0 Å². The lowest BCUT2D eigenvalue weighted by atomic mass is 10.0. The van der Waals surface area contributed by atoms with Crippen LogP contribution in [0.1, 0.15) is 39.7 Å². The van der Waals surface area contributed by atoms with Crippen LogP contribution in [-0.4, -0.2) is 46.4 Å². The van der Waals surface area contributed by atoms with Gasteiger partial charge in [0.2, 0.25) is 0 Å². The molecule has 156 valence electrons. The second-order valence-corrected chi connectivity index (χ2v) is 8.58. The van der Waals surface area contributed by atoms with E-state index in [-0.39, 0.29) is 30.1 Å². The van der Waals surface area contributed by atoms with E-state index in [0.29, 0.717) is 17.4 Å². The molecule has 0 saturated heterocycles. The summed E-state index contributed by atoms with van der Waals surface area (Å²) in [5.41, 5.74) is 0.962. The molecule has 0 aromatic heterocycles. The summed E-state index contributed by atoms with van der Waals surface area (Å²) in [6.07, 6.45) is 2.36. The molecule has 6 nitrogen and oxygen atoms in total. The van der Waals surface area contributed by atoms with Crippen LogP contribution in [0.15, 0.2) is 34.2 Å². The van der Waals surface area contributed by atoms with E-state index < -0.39 is 9.84 Å². The third-order valence-corrected chi connectivity index (χ3v) is 5.09. The first-order chi connectivity index (χ1) is 12.3. The molecule has 1 atom stereocenters. The van der Waals surface area contributed by atoms with E-state index in [1.54, 1.807) is 24.3 Å². The van der Waals surface area contributed by atoms with Crippen LogP contribution in [-0.2, 0) is 21.1 Å². The number of guanidine groups is 1. The van der Waals surface area contributed by atoms with Crippen LogP contribution >= 0.6 is 24.0 Å². The predicted molar refractivity (Wildman–Crippen MR) is 123 cm³/mol. The van der Waals surface area contributed by atoms with E-state index >= 15 is 0 Å². The smallest absolute Gasteiger partial charge is 0.191 e. The van der Waals surface area contributed by atoms with Gasteiger partial charge in [-0.15, -0.1) is 24.0 Å². The van der Waals surface area contributed by atoms with Crippen molar-refractivity contribution in [3.05, 3.63) is 29.8 Å². The molecule has 0 aliphatic heterocycles. The lowest BCUT2D eigenvalue weighted by molar-refractivity contribution is 0.0258. The zero-order valence-electron chi connectivity index (χ0n) is 17.0. The second-order valence-electron chi connectivity index (χ2n) is 6.56. The van der Waals surface area contributed by atoms with Crippen LogP contribution in [0.3, 0.4) is 0 Å². The van der Waals surface area contributed by atoms with E-state index in [9.17, 15) is 8.42 Å². The summed E-state index contributed by atoms with van der Waals surface area (Å²) < 4.78 is 28.8. The van der Waals surface area contributed by atoms with Gasteiger partial charge in [-0.1, -0.05) is 26.0 Å². The second kappa shape index (κ2) is 13.3. The topological polar surface area (TPSA) is 79.8 Å². The van der Waals surface area contributed by atoms with Crippen molar-refractivity contribution in [3.8, 4) is 0 Å². The number of benzene rings is 1. The van der Waals surface area contributed by atoms with Crippen molar-refractivity contribution in [2.24, 2.45) is 10.9 Å². The van der Waals surface area contributed by atoms with Gasteiger partial charge in [0.1, 0.15) is 0 Å². The highest BCUT2D eigenvalue weighted by atomic mass is 127. The Kier molecular flexibility index (Phi) is 12.9. The molecule has 0 heterocycles. The Balaban J connectivity index is 0.00000676. The maximum Gasteiger partial charge on any atom is 0.191 e. The highest BCUT2D eigenvalue weighted by Gasteiger charge is 2.13. The van der Waals surface area contributed by atoms with Gasteiger partial charge in [-0.2, -0.15) is 0 Å². The van der Waals surface area contributed by atoms with Crippen molar-refractivity contribution < 1.29 is 13.2 Å².